The SMILES string of the molecule is O=C([O-])C(Sc1ncnc2ccccc12)c1ccccc1. The van der Waals surface area contributed by atoms with Crippen molar-refractivity contribution in [1.29, 1.82) is 0 Å². The minimum absolute atomic E-state index is 0.638. The molecule has 0 aliphatic carbocycles. The molecule has 4 nitrogen and oxygen atoms in total. The van der Waals surface area contributed by atoms with Gasteiger partial charge in [0, 0.05) is 5.39 Å². The summed E-state index contributed by atoms with van der Waals surface area (Å²) in [6.07, 6.45) is 1.45. The van der Waals surface area contributed by atoms with Gasteiger partial charge in [-0.15, -0.1) is 0 Å². The monoisotopic (exact) mass is 295 g/mol. The van der Waals surface area contributed by atoms with Crippen LogP contribution in [0.3, 0.4) is 0 Å². The van der Waals surface area contributed by atoms with Crippen LogP contribution < -0.4 is 5.11 Å². The Labute approximate surface area is 125 Å². The number of carboxylic acid groups (broad SMARTS) is 1. The Balaban J connectivity index is 2.01. The number of benzene rings is 2. The highest BCUT2D eigenvalue weighted by Crippen LogP contribution is 2.36. The maximum atomic E-state index is 11.5. The highest BCUT2D eigenvalue weighted by molar-refractivity contribution is 8.00. The molecule has 0 aliphatic heterocycles. The van der Waals surface area contributed by atoms with Gasteiger partial charge in [-0.2, -0.15) is 0 Å². The zero-order valence-electron chi connectivity index (χ0n) is 11.0. The smallest absolute Gasteiger partial charge is 0.117 e. The number of nitrogens with zero attached hydrogens (tertiary/aromatic N) is 2. The van der Waals surface area contributed by atoms with Crippen molar-refractivity contribution < 1.29 is 9.90 Å². The van der Waals surface area contributed by atoms with Crippen LogP contribution in [0, 0.1) is 0 Å². The molecule has 21 heavy (non-hydrogen) atoms. The van der Waals surface area contributed by atoms with Gasteiger partial charge in [0.05, 0.1) is 16.7 Å². The summed E-state index contributed by atoms with van der Waals surface area (Å²) in [4.78, 5) is 19.9. The van der Waals surface area contributed by atoms with Crippen molar-refractivity contribution in [3.63, 3.8) is 0 Å². The second kappa shape index (κ2) is 5.93. The number of carbonyl (C=O) groups is 1. The van der Waals surface area contributed by atoms with Gasteiger partial charge in [0.15, 0.2) is 0 Å². The van der Waals surface area contributed by atoms with Gasteiger partial charge in [-0.1, -0.05) is 60.3 Å². The Morgan fingerprint density at radius 2 is 1.71 bits per heavy atom. The predicted molar refractivity (Wildman–Crippen MR) is 79.6 cm³/mol. The number of para-hydroxylation sites is 1. The molecule has 0 saturated heterocycles. The third kappa shape index (κ3) is 2.87. The van der Waals surface area contributed by atoms with Crippen LogP contribution in [0.1, 0.15) is 10.8 Å². The van der Waals surface area contributed by atoms with Gasteiger partial charge >= 0.3 is 0 Å². The van der Waals surface area contributed by atoms with E-state index in [4.69, 9.17) is 0 Å². The van der Waals surface area contributed by atoms with Gasteiger partial charge in [-0.3, -0.25) is 0 Å². The van der Waals surface area contributed by atoms with Crippen molar-refractivity contribution >= 4 is 28.6 Å². The number of carbonyl (C=O) groups excluding carboxylic acids is 1. The highest BCUT2D eigenvalue weighted by Gasteiger charge is 2.16. The fraction of sp³-hybridized carbons (Fsp3) is 0.0625. The summed E-state index contributed by atoms with van der Waals surface area (Å²) in [6.45, 7) is 0. The molecule has 0 radical (unpaired) electrons. The van der Waals surface area contributed by atoms with E-state index < -0.39 is 11.2 Å². The quantitative estimate of drug-likeness (QED) is 0.545. The summed E-state index contributed by atoms with van der Waals surface area (Å²) in [5.74, 6) is -1.13. The normalized spacial score (nSPS) is 12.2. The minimum Gasteiger partial charge on any atom is -0.549 e. The lowest BCUT2D eigenvalue weighted by atomic mass is 10.1. The van der Waals surface area contributed by atoms with E-state index in [9.17, 15) is 9.90 Å². The Morgan fingerprint density at radius 1 is 1.00 bits per heavy atom. The predicted octanol–water partition coefficient (Wildman–Crippen LogP) is 2.21. The van der Waals surface area contributed by atoms with E-state index >= 15 is 0 Å². The number of rotatable bonds is 4. The topological polar surface area (TPSA) is 65.9 Å². The van der Waals surface area contributed by atoms with E-state index in [2.05, 4.69) is 9.97 Å². The molecular formula is C16H11N2O2S-. The van der Waals surface area contributed by atoms with E-state index in [1.165, 1.54) is 18.1 Å². The fourth-order valence-electron chi connectivity index (χ4n) is 2.07. The molecule has 3 rings (SSSR count). The van der Waals surface area contributed by atoms with Gasteiger partial charge in [-0.05, 0) is 11.6 Å². The molecule has 0 saturated carbocycles. The van der Waals surface area contributed by atoms with Crippen molar-refractivity contribution in [2.24, 2.45) is 0 Å². The highest BCUT2D eigenvalue weighted by atomic mass is 32.2. The number of hydrogen-bond acceptors (Lipinski definition) is 5. The molecule has 1 aromatic heterocycles. The number of aromatic nitrogens is 2. The molecule has 0 bridgehead atoms. The van der Waals surface area contributed by atoms with Crippen LogP contribution in [0.4, 0.5) is 0 Å². The molecule has 5 heteroatoms. The van der Waals surface area contributed by atoms with Crippen LogP contribution in [-0.4, -0.2) is 15.9 Å². The van der Waals surface area contributed by atoms with Crippen molar-refractivity contribution in [1.82, 2.24) is 9.97 Å². The first-order valence-electron chi connectivity index (χ1n) is 6.38. The van der Waals surface area contributed by atoms with Crippen LogP contribution in [-0.2, 0) is 4.79 Å². The molecular weight excluding hydrogens is 284 g/mol. The molecule has 0 amide bonds. The Kier molecular flexibility index (Phi) is 3.83. The third-order valence-electron chi connectivity index (χ3n) is 3.05. The summed E-state index contributed by atoms with van der Waals surface area (Å²) in [5.41, 5.74) is 1.48. The molecule has 104 valence electrons. The minimum atomic E-state index is -1.13. The van der Waals surface area contributed by atoms with Gasteiger partial charge in [0.25, 0.3) is 0 Å². The van der Waals surface area contributed by atoms with Crippen molar-refractivity contribution in [2.75, 3.05) is 0 Å². The summed E-state index contributed by atoms with van der Waals surface area (Å²) in [7, 11) is 0. The largest absolute Gasteiger partial charge is 0.549 e. The van der Waals surface area contributed by atoms with E-state index in [0.29, 0.717) is 10.6 Å². The first kappa shape index (κ1) is 13.6. The van der Waals surface area contributed by atoms with Crippen molar-refractivity contribution in [3.8, 4) is 0 Å². The van der Waals surface area contributed by atoms with Gasteiger partial charge in [0.1, 0.15) is 11.4 Å². The Hall–Kier alpha value is -2.40. The number of carboxylic acids is 1. The summed E-state index contributed by atoms with van der Waals surface area (Å²) in [6, 6.07) is 16.5. The van der Waals surface area contributed by atoms with E-state index in [1.807, 2.05) is 42.5 Å². The molecule has 1 heterocycles. The number of aliphatic carboxylic acids is 1. The molecule has 0 aliphatic rings. The third-order valence-corrected chi connectivity index (χ3v) is 4.30. The van der Waals surface area contributed by atoms with E-state index in [0.717, 1.165) is 10.9 Å². The van der Waals surface area contributed by atoms with Crippen LogP contribution >= 0.6 is 11.8 Å². The van der Waals surface area contributed by atoms with Crippen LogP contribution in [0.15, 0.2) is 66.0 Å². The fourth-order valence-corrected chi connectivity index (χ4v) is 3.09. The van der Waals surface area contributed by atoms with Gasteiger partial charge in [-0.25, -0.2) is 9.97 Å². The van der Waals surface area contributed by atoms with Crippen LogP contribution in [0.25, 0.3) is 10.9 Å². The molecule has 0 N–H and O–H groups in total. The zero-order chi connectivity index (χ0) is 14.7. The lowest BCUT2D eigenvalue weighted by molar-refractivity contribution is -0.305. The second-order valence-electron chi connectivity index (χ2n) is 4.42. The van der Waals surface area contributed by atoms with E-state index in [-0.39, 0.29) is 0 Å². The second-order valence-corrected chi connectivity index (χ2v) is 5.52. The Morgan fingerprint density at radius 3 is 2.48 bits per heavy atom. The molecule has 0 spiro atoms. The first-order valence-corrected chi connectivity index (χ1v) is 7.26. The maximum Gasteiger partial charge on any atom is 0.117 e. The molecule has 1 atom stereocenters. The average molecular weight is 295 g/mol. The van der Waals surface area contributed by atoms with Gasteiger partial charge in [0.2, 0.25) is 0 Å². The summed E-state index contributed by atoms with van der Waals surface area (Å²) >= 11 is 1.17. The van der Waals surface area contributed by atoms with Gasteiger partial charge < -0.3 is 9.90 Å². The molecule has 1 unspecified atom stereocenters. The molecule has 2 aromatic carbocycles. The molecule has 3 aromatic rings. The first-order chi connectivity index (χ1) is 10.3. The van der Waals surface area contributed by atoms with Crippen molar-refractivity contribution in [3.05, 3.63) is 66.5 Å². The standard InChI is InChI=1S/C16H12N2O2S/c19-16(20)14(11-6-2-1-3-7-11)21-15-12-8-4-5-9-13(12)17-10-18-15/h1-10,14H,(H,19,20)/p-1. The van der Waals surface area contributed by atoms with Crippen LogP contribution in [0.5, 0.6) is 0 Å². The van der Waals surface area contributed by atoms with Crippen LogP contribution in [0.2, 0.25) is 0 Å². The molecule has 0 fully saturated rings. The average Bonchev–Trinajstić information content (AvgIpc) is 2.53. The number of thioether (sulfide) groups is 1. The van der Waals surface area contributed by atoms with E-state index in [1.54, 1.807) is 12.1 Å². The lowest BCUT2D eigenvalue weighted by Gasteiger charge is -2.18. The number of hydrogen-bond donors (Lipinski definition) is 0. The lowest BCUT2D eigenvalue weighted by Crippen LogP contribution is -2.28. The van der Waals surface area contributed by atoms with Crippen molar-refractivity contribution in [2.45, 2.75) is 10.3 Å². The maximum absolute atomic E-state index is 11.5. The Bertz CT molecular complexity index is 772. The summed E-state index contributed by atoms with van der Waals surface area (Å²) in [5, 5.41) is 12.1. The number of fused-ring (bicyclic) bond motifs is 1. The summed E-state index contributed by atoms with van der Waals surface area (Å²) < 4.78 is 0. The zero-order valence-corrected chi connectivity index (χ0v) is 11.8.